The number of fused-ring (bicyclic) bond motifs is 4. The van der Waals surface area contributed by atoms with Gasteiger partial charge in [-0.15, -0.1) is 0 Å². The average Bonchev–Trinajstić information content (AvgIpc) is 3.71. The molecule has 3 aliphatic rings. The number of para-hydroxylation sites is 4. The van der Waals surface area contributed by atoms with Crippen molar-refractivity contribution in [2.75, 3.05) is 13.1 Å². The van der Waals surface area contributed by atoms with Crippen molar-refractivity contribution in [3.05, 3.63) is 97.1 Å². The summed E-state index contributed by atoms with van der Waals surface area (Å²) in [6.07, 6.45) is 8.56. The van der Waals surface area contributed by atoms with Crippen LogP contribution in [-0.2, 0) is 15.1 Å². The maximum absolute atomic E-state index is 11.7. The van der Waals surface area contributed by atoms with Crippen LogP contribution in [0.25, 0.3) is 11.4 Å². The summed E-state index contributed by atoms with van der Waals surface area (Å²) in [5, 5.41) is 13.0. The second-order valence-corrected chi connectivity index (χ2v) is 13.2. The SMILES string of the molecule is C.CC1CC(=O)CCN1C(=O)OC(C)(C)C.CC1CC2(CCN1)Oc1ccccc1-n1cccc12.Oc1ccccc1-n1cccc1. The lowest BCUT2D eigenvalue weighted by Crippen LogP contribution is -2.50. The van der Waals surface area contributed by atoms with Gasteiger partial charge in [-0.3, -0.25) is 4.79 Å². The molecule has 3 atom stereocenters. The van der Waals surface area contributed by atoms with Crippen LogP contribution in [0.4, 0.5) is 4.79 Å². The Hall–Kier alpha value is -4.50. The molecule has 2 N–H and O–H groups in total. The third-order valence-electron chi connectivity index (χ3n) is 8.38. The monoisotopic (exact) mass is 642 g/mol. The van der Waals surface area contributed by atoms with Gasteiger partial charge in [0.1, 0.15) is 22.9 Å². The summed E-state index contributed by atoms with van der Waals surface area (Å²) in [5.41, 5.74) is 2.61. The number of nitrogens with one attached hydrogen (secondary N) is 1. The first-order valence-electron chi connectivity index (χ1n) is 16.1. The van der Waals surface area contributed by atoms with Crippen LogP contribution in [0.15, 0.2) is 91.4 Å². The second-order valence-electron chi connectivity index (χ2n) is 13.2. The molecule has 0 radical (unpaired) electrons. The highest BCUT2D eigenvalue weighted by molar-refractivity contribution is 5.82. The van der Waals surface area contributed by atoms with E-state index in [4.69, 9.17) is 9.47 Å². The number of carbonyl (C=O) groups excluding carboxylic acids is 2. The molecule has 3 unspecified atom stereocenters. The van der Waals surface area contributed by atoms with E-state index in [1.165, 1.54) is 5.69 Å². The molecule has 252 valence electrons. The second kappa shape index (κ2) is 14.9. The Bertz CT molecular complexity index is 1620. The summed E-state index contributed by atoms with van der Waals surface area (Å²) in [4.78, 5) is 24.5. The van der Waals surface area contributed by atoms with Gasteiger partial charge in [0.2, 0.25) is 0 Å². The van der Waals surface area contributed by atoms with Gasteiger partial charge in [-0.1, -0.05) is 31.7 Å². The van der Waals surface area contributed by atoms with Crippen molar-refractivity contribution in [3.63, 3.8) is 0 Å². The largest absolute Gasteiger partial charge is 0.506 e. The third-order valence-corrected chi connectivity index (χ3v) is 8.38. The van der Waals surface area contributed by atoms with Crippen molar-refractivity contribution in [2.24, 2.45) is 0 Å². The molecule has 4 aromatic rings. The fourth-order valence-electron chi connectivity index (χ4n) is 6.26. The van der Waals surface area contributed by atoms with Gasteiger partial charge in [0.15, 0.2) is 5.60 Å². The molecule has 3 aliphatic heterocycles. The van der Waals surface area contributed by atoms with Crippen LogP contribution in [0.5, 0.6) is 11.5 Å². The van der Waals surface area contributed by atoms with Gasteiger partial charge in [0.05, 0.1) is 17.1 Å². The molecule has 0 aliphatic carbocycles. The molecular weight excluding hydrogens is 592 g/mol. The molecule has 0 bridgehead atoms. The maximum Gasteiger partial charge on any atom is 0.410 e. The van der Waals surface area contributed by atoms with E-state index in [-0.39, 0.29) is 30.9 Å². The number of aromatic hydroxyl groups is 1. The summed E-state index contributed by atoms with van der Waals surface area (Å²) in [6, 6.07) is 24.2. The first-order valence-corrected chi connectivity index (χ1v) is 16.1. The first kappa shape index (κ1) is 35.4. The molecule has 47 heavy (non-hydrogen) atoms. The van der Waals surface area contributed by atoms with E-state index in [2.05, 4.69) is 53.3 Å². The summed E-state index contributed by atoms with van der Waals surface area (Å²) in [6.45, 7) is 11.1. The number of piperidine rings is 2. The molecule has 2 saturated heterocycles. The lowest BCUT2D eigenvalue weighted by Gasteiger charge is -2.44. The topological polar surface area (TPSA) is 98.0 Å². The van der Waals surface area contributed by atoms with Crippen molar-refractivity contribution in [2.45, 2.75) is 91.0 Å². The van der Waals surface area contributed by atoms with E-state index in [1.807, 2.05) is 81.1 Å². The number of Topliss-reactive ketones (excluding diaryl/α,β-unsaturated/α-hetero) is 1. The zero-order valence-corrected chi connectivity index (χ0v) is 27.5. The van der Waals surface area contributed by atoms with Crippen LogP contribution in [0, 0.1) is 0 Å². The number of hydrogen-bond donors (Lipinski definition) is 2. The highest BCUT2D eigenvalue weighted by Gasteiger charge is 2.44. The number of phenols is 1. The quantitative estimate of drug-likeness (QED) is 0.222. The Morgan fingerprint density at radius 3 is 2.30 bits per heavy atom. The number of hydrogen-bond acceptors (Lipinski definition) is 6. The van der Waals surface area contributed by atoms with Crippen LogP contribution in [-0.4, -0.2) is 61.8 Å². The zero-order chi connectivity index (χ0) is 32.9. The number of nitrogens with zero attached hydrogens (tertiary/aromatic N) is 3. The van der Waals surface area contributed by atoms with Gasteiger partial charge in [-0.05, 0) is 89.7 Å². The van der Waals surface area contributed by atoms with Crippen LogP contribution in [0.3, 0.4) is 0 Å². The number of likely N-dealkylation sites (tertiary alicyclic amines) is 1. The minimum atomic E-state index is -0.474. The summed E-state index contributed by atoms with van der Waals surface area (Å²) >= 11 is 0. The van der Waals surface area contributed by atoms with Crippen molar-refractivity contribution in [3.8, 4) is 22.9 Å². The van der Waals surface area contributed by atoms with Crippen LogP contribution in [0.1, 0.15) is 73.4 Å². The van der Waals surface area contributed by atoms with Gasteiger partial charge >= 0.3 is 6.09 Å². The summed E-state index contributed by atoms with van der Waals surface area (Å²) in [5.74, 6) is 1.52. The molecule has 0 saturated carbocycles. The Morgan fingerprint density at radius 2 is 1.64 bits per heavy atom. The molecule has 2 fully saturated rings. The number of rotatable bonds is 1. The zero-order valence-electron chi connectivity index (χ0n) is 27.5. The maximum atomic E-state index is 11.7. The lowest BCUT2D eigenvalue weighted by atomic mass is 9.84. The molecule has 2 aromatic carbocycles. The van der Waals surface area contributed by atoms with Crippen molar-refractivity contribution in [1.29, 1.82) is 0 Å². The van der Waals surface area contributed by atoms with Crippen molar-refractivity contribution < 1.29 is 24.2 Å². The third kappa shape index (κ3) is 8.46. The number of phenolic OH excluding ortho intramolecular Hbond substituents is 1. The molecule has 9 heteroatoms. The van der Waals surface area contributed by atoms with E-state index in [0.717, 1.165) is 36.5 Å². The molecule has 2 aromatic heterocycles. The van der Waals surface area contributed by atoms with Gasteiger partial charge in [0.25, 0.3) is 0 Å². The molecule has 1 spiro atoms. The standard InChI is InChI=1S/C16H18N2O.C11H19NO3.C10H9NO.CH4/c1-12-11-16(8-9-17-12)15-7-4-10-18(15)13-5-2-3-6-14(13)19-16;1-8-7-9(13)5-6-12(8)10(14)15-11(2,3)4;12-10-6-2-1-5-9(10)11-7-3-4-8-11;/h2-7,10,12,17H,8-9,11H2,1H3;8H,5-7H2,1-4H3;1-8,12H;1H4. The Labute approximate surface area is 279 Å². The van der Waals surface area contributed by atoms with E-state index >= 15 is 0 Å². The lowest BCUT2D eigenvalue weighted by molar-refractivity contribution is -0.122. The Morgan fingerprint density at radius 1 is 0.957 bits per heavy atom. The summed E-state index contributed by atoms with van der Waals surface area (Å²) in [7, 11) is 0. The summed E-state index contributed by atoms with van der Waals surface area (Å²) < 4.78 is 15.9. The Balaban J connectivity index is 0.000000163. The van der Waals surface area contributed by atoms with Crippen LogP contribution in [0.2, 0.25) is 0 Å². The number of benzene rings is 2. The fraction of sp³-hybridized carbons (Fsp3) is 0.421. The highest BCUT2D eigenvalue weighted by atomic mass is 16.6. The van der Waals surface area contributed by atoms with Crippen LogP contribution >= 0.6 is 0 Å². The average molecular weight is 643 g/mol. The normalized spacial score (nSPS) is 21.4. The number of ketones is 1. The molecular formula is C38H50N4O5. The Kier molecular flexibility index (Phi) is 11.2. The molecule has 9 nitrogen and oxygen atoms in total. The van der Waals surface area contributed by atoms with Gasteiger partial charge < -0.3 is 33.9 Å². The van der Waals surface area contributed by atoms with Gasteiger partial charge in [-0.25, -0.2) is 4.79 Å². The van der Waals surface area contributed by atoms with Crippen molar-refractivity contribution >= 4 is 11.9 Å². The van der Waals surface area contributed by atoms with E-state index in [1.54, 1.807) is 11.0 Å². The molecule has 5 heterocycles. The van der Waals surface area contributed by atoms with Crippen molar-refractivity contribution in [1.82, 2.24) is 19.4 Å². The number of carbonyl (C=O) groups is 2. The van der Waals surface area contributed by atoms with E-state index in [0.29, 0.717) is 31.2 Å². The van der Waals surface area contributed by atoms with E-state index in [9.17, 15) is 14.7 Å². The van der Waals surface area contributed by atoms with E-state index < -0.39 is 5.60 Å². The smallest absolute Gasteiger partial charge is 0.410 e. The highest BCUT2D eigenvalue weighted by Crippen LogP contribution is 2.44. The van der Waals surface area contributed by atoms with Gasteiger partial charge in [0, 0.05) is 62.9 Å². The number of amides is 1. The number of aromatic nitrogens is 2. The number of ether oxygens (including phenoxy) is 2. The predicted octanol–water partition coefficient (Wildman–Crippen LogP) is 7.63. The molecule has 1 amide bonds. The predicted molar refractivity (Wildman–Crippen MR) is 186 cm³/mol. The van der Waals surface area contributed by atoms with Gasteiger partial charge in [-0.2, -0.15) is 0 Å². The van der Waals surface area contributed by atoms with Crippen LogP contribution < -0.4 is 10.1 Å². The first-order chi connectivity index (χ1) is 22.0. The fourth-order valence-corrected chi connectivity index (χ4v) is 6.26. The minimum absolute atomic E-state index is 0. The molecule has 7 rings (SSSR count). The minimum Gasteiger partial charge on any atom is -0.506 e.